The van der Waals surface area contributed by atoms with Gasteiger partial charge in [-0.1, -0.05) is 23.7 Å². The van der Waals surface area contributed by atoms with Crippen LogP contribution < -0.4 is 16.0 Å². The zero-order chi connectivity index (χ0) is 22.8. The molecule has 33 heavy (non-hydrogen) atoms. The minimum Gasteiger partial charge on any atom is -0.325 e. The third kappa shape index (κ3) is 4.93. The summed E-state index contributed by atoms with van der Waals surface area (Å²) in [5.41, 5.74) is 2.87. The first kappa shape index (κ1) is 21.6. The molecule has 1 atom stereocenters. The number of thioether (sulfide) groups is 1. The molecule has 0 radical (unpaired) electrons. The number of carbonyl (C=O) groups excluding carboxylic acids is 2. The molecule has 2 amide bonds. The van der Waals surface area contributed by atoms with Gasteiger partial charge in [-0.05, 0) is 79.2 Å². The highest BCUT2D eigenvalue weighted by Gasteiger charge is 2.25. The Balaban J connectivity index is 1.34. The van der Waals surface area contributed by atoms with E-state index in [4.69, 9.17) is 11.6 Å². The number of hydrogen-bond donors (Lipinski definition) is 3. The van der Waals surface area contributed by atoms with Gasteiger partial charge in [0.05, 0.1) is 27.2 Å². The van der Waals surface area contributed by atoms with Crippen LogP contribution in [0, 0.1) is 0 Å². The molecule has 5 rings (SSSR count). The number of aromatic nitrogens is 1. The number of fused-ring (bicyclic) bond motifs is 1. The van der Waals surface area contributed by atoms with E-state index in [0.29, 0.717) is 26.5 Å². The second-order valence-corrected chi connectivity index (χ2v) is 9.18. The molecule has 3 N–H and O–H groups in total. The van der Waals surface area contributed by atoms with Crippen molar-refractivity contribution < 1.29 is 9.59 Å². The number of nitrogens with zero attached hydrogens (tertiary/aromatic N) is 2. The number of carbonyl (C=O) groups is 2. The number of rotatable bonds is 4. The molecule has 2 aliphatic rings. The number of benzene rings is 2. The minimum absolute atomic E-state index is 0.0761. The highest BCUT2D eigenvalue weighted by Crippen LogP contribution is 2.33. The molecule has 2 saturated heterocycles. The fourth-order valence-electron chi connectivity index (χ4n) is 3.74. The Morgan fingerprint density at radius 3 is 3.00 bits per heavy atom. The van der Waals surface area contributed by atoms with E-state index in [2.05, 4.69) is 25.9 Å². The van der Waals surface area contributed by atoms with Gasteiger partial charge >= 0.3 is 0 Å². The van der Waals surface area contributed by atoms with Gasteiger partial charge in [0.1, 0.15) is 0 Å². The van der Waals surface area contributed by atoms with Crippen molar-refractivity contribution in [3.05, 3.63) is 70.2 Å². The number of anilines is 1. The summed E-state index contributed by atoms with van der Waals surface area (Å²) in [4.78, 5) is 34.2. The number of amidine groups is 1. The maximum atomic E-state index is 12.5. The predicted molar refractivity (Wildman–Crippen MR) is 134 cm³/mol. The maximum Gasteiger partial charge on any atom is 0.264 e. The number of amides is 2. The predicted octanol–water partition coefficient (Wildman–Crippen LogP) is 4.47. The first-order valence-electron chi connectivity index (χ1n) is 10.5. The Hall–Kier alpha value is -3.20. The molecule has 2 aromatic carbocycles. The monoisotopic (exact) mass is 477 g/mol. The Morgan fingerprint density at radius 1 is 1.24 bits per heavy atom. The van der Waals surface area contributed by atoms with E-state index in [1.54, 1.807) is 24.4 Å². The van der Waals surface area contributed by atoms with Crippen LogP contribution in [0.15, 0.2) is 64.6 Å². The van der Waals surface area contributed by atoms with E-state index < -0.39 is 0 Å². The Kier molecular flexibility index (Phi) is 6.13. The summed E-state index contributed by atoms with van der Waals surface area (Å²) >= 11 is 7.56. The summed E-state index contributed by atoms with van der Waals surface area (Å²) in [7, 11) is 0. The first-order valence-corrected chi connectivity index (χ1v) is 11.7. The molecule has 166 valence electrons. The lowest BCUT2D eigenvalue weighted by atomic mass is 10.1. The van der Waals surface area contributed by atoms with E-state index >= 15 is 0 Å². The van der Waals surface area contributed by atoms with Crippen molar-refractivity contribution in [2.24, 2.45) is 4.99 Å². The molecule has 9 heteroatoms. The number of hydrogen-bond acceptors (Lipinski definition) is 6. The van der Waals surface area contributed by atoms with E-state index in [1.165, 1.54) is 11.8 Å². The number of nitrogens with one attached hydrogen (secondary N) is 3. The molecular weight excluding hydrogens is 458 g/mol. The molecule has 0 unspecified atom stereocenters. The summed E-state index contributed by atoms with van der Waals surface area (Å²) in [5, 5.41) is 10.7. The van der Waals surface area contributed by atoms with Gasteiger partial charge in [0.15, 0.2) is 5.17 Å². The molecule has 0 saturated carbocycles. The normalized spacial score (nSPS) is 20.5. The van der Waals surface area contributed by atoms with Gasteiger partial charge in [-0.3, -0.25) is 14.6 Å². The van der Waals surface area contributed by atoms with Gasteiger partial charge in [0.2, 0.25) is 5.91 Å². The van der Waals surface area contributed by atoms with Gasteiger partial charge in [-0.2, -0.15) is 0 Å². The third-order valence-electron chi connectivity index (χ3n) is 5.39. The molecule has 0 aliphatic carbocycles. The summed E-state index contributed by atoms with van der Waals surface area (Å²) in [5.74, 6) is -0.300. The lowest BCUT2D eigenvalue weighted by Gasteiger charge is -2.12. The van der Waals surface area contributed by atoms with Gasteiger partial charge in [-0.15, -0.1) is 0 Å². The van der Waals surface area contributed by atoms with Crippen molar-refractivity contribution >= 4 is 68.7 Å². The summed E-state index contributed by atoms with van der Waals surface area (Å²) in [6.45, 7) is 0.848. The topological polar surface area (TPSA) is 95.5 Å². The van der Waals surface area contributed by atoms with Gasteiger partial charge in [0.25, 0.3) is 5.91 Å². The lowest BCUT2D eigenvalue weighted by molar-refractivity contribution is -0.118. The van der Waals surface area contributed by atoms with Crippen LogP contribution >= 0.6 is 23.4 Å². The summed E-state index contributed by atoms with van der Waals surface area (Å²) in [6.07, 6.45) is 5.38. The van der Waals surface area contributed by atoms with Crippen molar-refractivity contribution in [2.45, 2.75) is 18.9 Å². The Morgan fingerprint density at radius 2 is 2.15 bits per heavy atom. The molecule has 0 bridgehead atoms. The zero-order valence-electron chi connectivity index (χ0n) is 17.5. The molecule has 2 fully saturated rings. The third-order valence-corrected chi connectivity index (χ3v) is 6.62. The van der Waals surface area contributed by atoms with Crippen LogP contribution in [0.3, 0.4) is 0 Å². The average Bonchev–Trinajstić information content (AvgIpc) is 3.46. The smallest absolute Gasteiger partial charge is 0.264 e. The van der Waals surface area contributed by atoms with Crippen molar-refractivity contribution in [1.29, 1.82) is 0 Å². The quantitative estimate of drug-likeness (QED) is 0.482. The average molecular weight is 478 g/mol. The number of halogens is 1. The minimum atomic E-state index is -0.224. The molecule has 3 aromatic rings. The van der Waals surface area contributed by atoms with Gasteiger partial charge in [-0.25, -0.2) is 4.99 Å². The summed E-state index contributed by atoms with van der Waals surface area (Å²) < 4.78 is 0. The van der Waals surface area contributed by atoms with Crippen molar-refractivity contribution in [1.82, 2.24) is 15.6 Å². The van der Waals surface area contributed by atoms with E-state index in [1.807, 2.05) is 36.4 Å². The second kappa shape index (κ2) is 9.35. The largest absolute Gasteiger partial charge is 0.325 e. The van der Waals surface area contributed by atoms with Gasteiger partial charge in [0, 0.05) is 17.3 Å². The van der Waals surface area contributed by atoms with Crippen LogP contribution in [0.5, 0.6) is 0 Å². The Bertz CT molecular complexity index is 1320. The van der Waals surface area contributed by atoms with Crippen LogP contribution in [0.1, 0.15) is 18.4 Å². The van der Waals surface area contributed by atoms with Crippen LogP contribution in [0.25, 0.3) is 17.0 Å². The maximum absolute atomic E-state index is 12.5. The second-order valence-electron chi connectivity index (χ2n) is 7.74. The van der Waals surface area contributed by atoms with E-state index in [9.17, 15) is 9.59 Å². The zero-order valence-corrected chi connectivity index (χ0v) is 19.0. The SMILES string of the molecule is O=C1NC(=Nc2cc(NC(=O)[C@@H]3CCCN3)ccc2Cl)S/C1=C\c1ccc2ncccc2c1. The molecule has 7 nitrogen and oxygen atoms in total. The molecular formula is C24H20ClN5O2S. The highest BCUT2D eigenvalue weighted by molar-refractivity contribution is 8.18. The van der Waals surface area contributed by atoms with Crippen molar-refractivity contribution in [3.8, 4) is 0 Å². The first-order chi connectivity index (χ1) is 16.0. The fraction of sp³-hybridized carbons (Fsp3) is 0.167. The standard InChI is InChI=1S/C24H20ClN5O2S/c25-17-7-6-16(28-22(31)19-4-2-10-27-19)13-20(17)29-24-30-23(32)21(33-24)12-14-5-8-18-15(11-14)3-1-9-26-18/h1,3,5-9,11-13,19,27H,2,4,10H2,(H,28,31)(H,29,30,32)/b21-12-/t19-/m0/s1. The number of aliphatic imine (C=N–C) groups is 1. The van der Waals surface area contributed by atoms with E-state index in [-0.39, 0.29) is 17.9 Å². The molecule has 3 heterocycles. The van der Waals surface area contributed by atoms with Crippen LogP contribution in [-0.4, -0.2) is 34.6 Å². The van der Waals surface area contributed by atoms with Gasteiger partial charge < -0.3 is 16.0 Å². The van der Waals surface area contributed by atoms with Crippen LogP contribution in [0.2, 0.25) is 5.02 Å². The van der Waals surface area contributed by atoms with E-state index in [0.717, 1.165) is 35.9 Å². The van der Waals surface area contributed by atoms with Crippen molar-refractivity contribution in [3.63, 3.8) is 0 Å². The fourth-order valence-corrected chi connectivity index (χ4v) is 4.73. The molecule has 1 aromatic heterocycles. The van der Waals surface area contributed by atoms with Crippen LogP contribution in [0.4, 0.5) is 11.4 Å². The number of pyridine rings is 1. The van der Waals surface area contributed by atoms with Crippen LogP contribution in [-0.2, 0) is 9.59 Å². The molecule has 2 aliphatic heterocycles. The summed E-state index contributed by atoms with van der Waals surface area (Å²) in [6, 6.07) is 14.6. The highest BCUT2D eigenvalue weighted by atomic mass is 35.5. The molecule has 0 spiro atoms. The lowest BCUT2D eigenvalue weighted by Crippen LogP contribution is -2.35. The van der Waals surface area contributed by atoms with Crippen molar-refractivity contribution in [2.75, 3.05) is 11.9 Å². The Labute approximate surface area is 199 Å².